The molecule has 124 valence electrons. The summed E-state index contributed by atoms with van der Waals surface area (Å²) < 4.78 is 5.17. The molecule has 1 amide bonds. The van der Waals surface area contributed by atoms with Crippen LogP contribution in [0.1, 0.15) is 45.5 Å². The number of ether oxygens (including phenoxy) is 1. The average molecular weight is 328 g/mol. The molecule has 22 heavy (non-hydrogen) atoms. The molecule has 1 atom stereocenters. The lowest BCUT2D eigenvalue weighted by Gasteiger charge is -2.29. The summed E-state index contributed by atoms with van der Waals surface area (Å²) in [5.74, 6) is -0.930. The van der Waals surface area contributed by atoms with Crippen LogP contribution in [0.5, 0.6) is 0 Å². The van der Waals surface area contributed by atoms with E-state index in [1.807, 2.05) is 12.3 Å². The van der Waals surface area contributed by atoms with Gasteiger partial charge >= 0.3 is 12.1 Å². The maximum Gasteiger partial charge on any atom is 0.407 e. The third kappa shape index (κ3) is 5.63. The van der Waals surface area contributed by atoms with Crippen LogP contribution in [0.2, 0.25) is 0 Å². The molecular formula is C15H24N2O4S. The molecule has 0 aliphatic heterocycles. The van der Waals surface area contributed by atoms with Crippen LogP contribution in [0, 0.1) is 5.41 Å². The van der Waals surface area contributed by atoms with Crippen LogP contribution in [0.4, 0.5) is 4.79 Å². The molecule has 0 radical (unpaired) electrons. The van der Waals surface area contributed by atoms with Gasteiger partial charge in [-0.15, -0.1) is 11.3 Å². The van der Waals surface area contributed by atoms with Crippen molar-refractivity contribution in [3.05, 3.63) is 16.6 Å². The largest absolute Gasteiger partial charge is 0.481 e. The Morgan fingerprint density at radius 3 is 2.55 bits per heavy atom. The van der Waals surface area contributed by atoms with Gasteiger partial charge in [0.25, 0.3) is 0 Å². The van der Waals surface area contributed by atoms with Gasteiger partial charge in [-0.2, -0.15) is 0 Å². The lowest BCUT2D eigenvalue weighted by Crippen LogP contribution is -2.46. The fourth-order valence-electron chi connectivity index (χ4n) is 2.16. The number of carboxylic acid groups (broad SMARTS) is 1. The summed E-state index contributed by atoms with van der Waals surface area (Å²) >= 11 is 1.42. The van der Waals surface area contributed by atoms with E-state index < -0.39 is 23.1 Å². The predicted molar refractivity (Wildman–Crippen MR) is 85.0 cm³/mol. The van der Waals surface area contributed by atoms with Gasteiger partial charge in [-0.05, 0) is 27.2 Å². The van der Waals surface area contributed by atoms with Crippen molar-refractivity contribution in [2.24, 2.45) is 5.41 Å². The van der Waals surface area contributed by atoms with Crippen molar-refractivity contribution in [3.8, 4) is 0 Å². The van der Waals surface area contributed by atoms with E-state index in [0.717, 1.165) is 5.01 Å². The number of carboxylic acids is 1. The highest BCUT2D eigenvalue weighted by atomic mass is 32.1. The Balaban J connectivity index is 2.81. The SMILES string of the molecule is CCCC(CNC(=O)OC(C)(C)C)(Cc1nccs1)C(=O)O. The molecule has 0 aliphatic rings. The predicted octanol–water partition coefficient (Wildman–Crippen LogP) is 3.08. The molecule has 1 aromatic heterocycles. The molecule has 0 saturated carbocycles. The van der Waals surface area contributed by atoms with E-state index in [4.69, 9.17) is 4.74 Å². The van der Waals surface area contributed by atoms with Crippen LogP contribution in [0.15, 0.2) is 11.6 Å². The van der Waals surface area contributed by atoms with E-state index >= 15 is 0 Å². The summed E-state index contributed by atoms with van der Waals surface area (Å²) in [5.41, 5.74) is -1.68. The quantitative estimate of drug-likeness (QED) is 0.803. The van der Waals surface area contributed by atoms with Gasteiger partial charge in [-0.3, -0.25) is 4.79 Å². The fraction of sp³-hybridized carbons (Fsp3) is 0.667. The molecule has 1 rings (SSSR count). The number of carbonyl (C=O) groups is 2. The number of carbonyl (C=O) groups excluding carboxylic acids is 1. The van der Waals surface area contributed by atoms with Crippen molar-refractivity contribution in [2.75, 3.05) is 6.54 Å². The topological polar surface area (TPSA) is 88.5 Å². The zero-order valence-corrected chi connectivity index (χ0v) is 14.3. The van der Waals surface area contributed by atoms with Crippen molar-refractivity contribution in [2.45, 2.75) is 52.6 Å². The highest BCUT2D eigenvalue weighted by molar-refractivity contribution is 7.09. The molecule has 0 saturated heterocycles. The molecule has 1 heterocycles. The number of hydrogen-bond donors (Lipinski definition) is 2. The molecule has 0 aromatic carbocycles. The Morgan fingerprint density at radius 2 is 2.09 bits per heavy atom. The number of hydrogen-bond acceptors (Lipinski definition) is 5. The summed E-state index contributed by atoms with van der Waals surface area (Å²) in [6, 6.07) is 0. The minimum Gasteiger partial charge on any atom is -0.481 e. The Hall–Kier alpha value is -1.63. The Kier molecular flexibility index (Phi) is 6.34. The van der Waals surface area contributed by atoms with Crippen molar-refractivity contribution in [1.29, 1.82) is 0 Å². The minimum atomic E-state index is -1.07. The van der Waals surface area contributed by atoms with Gasteiger partial charge in [0.05, 0.1) is 10.4 Å². The standard InChI is InChI=1S/C15H24N2O4S/c1-5-6-15(12(18)19,9-11-16-7-8-22-11)10-17-13(20)21-14(2,3)4/h7-8H,5-6,9-10H2,1-4H3,(H,17,20)(H,18,19). The van der Waals surface area contributed by atoms with Gasteiger partial charge in [0.1, 0.15) is 5.60 Å². The van der Waals surface area contributed by atoms with Gasteiger partial charge in [0.2, 0.25) is 0 Å². The van der Waals surface area contributed by atoms with Crippen molar-refractivity contribution in [1.82, 2.24) is 10.3 Å². The van der Waals surface area contributed by atoms with Crippen LogP contribution in [0.25, 0.3) is 0 Å². The monoisotopic (exact) mass is 328 g/mol. The highest BCUT2D eigenvalue weighted by Gasteiger charge is 2.39. The summed E-state index contributed by atoms with van der Waals surface area (Å²) in [6.07, 6.45) is 2.50. The first-order valence-electron chi connectivity index (χ1n) is 7.27. The molecule has 0 spiro atoms. The molecule has 7 heteroatoms. The van der Waals surface area contributed by atoms with E-state index in [0.29, 0.717) is 19.3 Å². The molecule has 0 aliphatic carbocycles. The Labute approximate surface area is 134 Å². The van der Waals surface area contributed by atoms with E-state index in [2.05, 4.69) is 10.3 Å². The second-order valence-corrected chi connectivity index (χ2v) is 7.27. The van der Waals surface area contributed by atoms with Gasteiger partial charge in [0.15, 0.2) is 0 Å². The fourth-order valence-corrected chi connectivity index (χ4v) is 2.92. The maximum atomic E-state index is 11.8. The third-order valence-corrected chi connectivity index (χ3v) is 3.90. The first-order chi connectivity index (χ1) is 10.2. The number of nitrogens with zero attached hydrogens (tertiary/aromatic N) is 1. The van der Waals surface area contributed by atoms with Gasteiger partial charge < -0.3 is 15.2 Å². The molecule has 0 bridgehead atoms. The van der Waals surface area contributed by atoms with E-state index in [1.54, 1.807) is 27.0 Å². The lowest BCUT2D eigenvalue weighted by atomic mass is 9.80. The smallest absolute Gasteiger partial charge is 0.407 e. The van der Waals surface area contributed by atoms with E-state index in [9.17, 15) is 14.7 Å². The van der Waals surface area contributed by atoms with Crippen LogP contribution >= 0.6 is 11.3 Å². The number of nitrogens with one attached hydrogen (secondary N) is 1. The maximum absolute atomic E-state index is 11.8. The van der Waals surface area contributed by atoms with Crippen LogP contribution in [0.3, 0.4) is 0 Å². The Morgan fingerprint density at radius 1 is 1.41 bits per heavy atom. The van der Waals surface area contributed by atoms with Crippen LogP contribution in [-0.2, 0) is 16.0 Å². The first-order valence-corrected chi connectivity index (χ1v) is 8.15. The summed E-state index contributed by atoms with van der Waals surface area (Å²) in [5, 5.41) is 14.8. The zero-order chi connectivity index (χ0) is 16.8. The molecule has 2 N–H and O–H groups in total. The second kappa shape index (κ2) is 7.58. The molecule has 1 unspecified atom stereocenters. The molecular weight excluding hydrogens is 304 g/mol. The number of aliphatic carboxylic acids is 1. The molecule has 0 fully saturated rings. The second-order valence-electron chi connectivity index (χ2n) is 6.29. The van der Waals surface area contributed by atoms with Crippen molar-refractivity contribution >= 4 is 23.4 Å². The summed E-state index contributed by atoms with van der Waals surface area (Å²) in [7, 11) is 0. The van der Waals surface area contributed by atoms with Gasteiger partial charge in [0, 0.05) is 24.5 Å². The number of aromatic nitrogens is 1. The Bertz CT molecular complexity index is 496. The highest BCUT2D eigenvalue weighted by Crippen LogP contribution is 2.29. The molecule has 1 aromatic rings. The van der Waals surface area contributed by atoms with Gasteiger partial charge in [-0.25, -0.2) is 9.78 Å². The third-order valence-electron chi connectivity index (χ3n) is 3.13. The summed E-state index contributed by atoms with van der Waals surface area (Å²) in [4.78, 5) is 27.8. The van der Waals surface area contributed by atoms with E-state index in [1.165, 1.54) is 11.3 Å². The molecule has 6 nitrogen and oxygen atoms in total. The zero-order valence-electron chi connectivity index (χ0n) is 13.5. The number of rotatable bonds is 7. The van der Waals surface area contributed by atoms with Crippen LogP contribution in [-0.4, -0.2) is 34.3 Å². The van der Waals surface area contributed by atoms with E-state index in [-0.39, 0.29) is 6.54 Å². The number of thiazole rings is 1. The van der Waals surface area contributed by atoms with Crippen molar-refractivity contribution in [3.63, 3.8) is 0 Å². The van der Waals surface area contributed by atoms with Gasteiger partial charge in [-0.1, -0.05) is 13.3 Å². The van der Waals surface area contributed by atoms with Crippen molar-refractivity contribution < 1.29 is 19.4 Å². The number of amides is 1. The summed E-state index contributed by atoms with van der Waals surface area (Å²) in [6.45, 7) is 7.23. The first kappa shape index (κ1) is 18.4. The van der Waals surface area contributed by atoms with Crippen LogP contribution < -0.4 is 5.32 Å². The number of alkyl carbamates (subject to hydrolysis) is 1. The normalized spacial score (nSPS) is 14.2. The minimum absolute atomic E-state index is 0.0185. The lowest BCUT2D eigenvalue weighted by molar-refractivity contribution is -0.149. The average Bonchev–Trinajstić information content (AvgIpc) is 2.86.